The fourth-order valence-electron chi connectivity index (χ4n) is 3.41. The molecule has 1 saturated heterocycles. The number of likely N-dealkylation sites (N-methyl/N-ethyl adjacent to an activating group) is 1. The molecule has 0 spiro atoms. The molecule has 2 heterocycles. The molecule has 0 aromatic carbocycles. The van der Waals surface area contributed by atoms with E-state index in [1.54, 1.807) is 0 Å². The molecule has 4 heteroatoms. The van der Waals surface area contributed by atoms with Crippen molar-refractivity contribution in [3.8, 4) is 0 Å². The maximum atomic E-state index is 6.21. The average Bonchev–Trinajstić information content (AvgIpc) is 2.53. The first kappa shape index (κ1) is 16.4. The fourth-order valence-corrected chi connectivity index (χ4v) is 3.41. The van der Waals surface area contributed by atoms with Crippen molar-refractivity contribution in [2.24, 2.45) is 5.73 Å². The van der Waals surface area contributed by atoms with Crippen LogP contribution in [0.15, 0.2) is 24.4 Å². The lowest BCUT2D eigenvalue weighted by Crippen LogP contribution is -2.59. The number of hydrogen-bond acceptors (Lipinski definition) is 4. The average molecular weight is 290 g/mol. The number of piperidine rings is 1. The van der Waals surface area contributed by atoms with Gasteiger partial charge in [0.05, 0.1) is 5.69 Å². The van der Waals surface area contributed by atoms with Crippen LogP contribution in [0.4, 0.5) is 0 Å². The molecule has 0 amide bonds. The summed E-state index contributed by atoms with van der Waals surface area (Å²) in [5.74, 6) is 0. The van der Waals surface area contributed by atoms with E-state index in [9.17, 15) is 0 Å². The molecule has 4 nitrogen and oxygen atoms in total. The molecule has 0 aliphatic carbocycles. The van der Waals surface area contributed by atoms with E-state index in [1.807, 2.05) is 12.3 Å². The Balaban J connectivity index is 2.07. The number of rotatable bonds is 6. The second-order valence-corrected chi connectivity index (χ2v) is 6.39. The summed E-state index contributed by atoms with van der Waals surface area (Å²) in [6, 6.07) is 6.77. The van der Waals surface area contributed by atoms with Gasteiger partial charge < -0.3 is 10.6 Å². The van der Waals surface area contributed by atoms with Crippen LogP contribution in [0.5, 0.6) is 0 Å². The number of nitrogens with zero attached hydrogens (tertiary/aromatic N) is 3. The second-order valence-electron chi connectivity index (χ2n) is 6.39. The highest BCUT2D eigenvalue weighted by atomic mass is 15.3. The number of likely N-dealkylation sites (tertiary alicyclic amines) is 1. The third kappa shape index (κ3) is 3.82. The SMILES string of the molecule is CCN(Cc1ccccn1)C1(CN)CCN(C(C)C)CC1. The summed E-state index contributed by atoms with van der Waals surface area (Å²) in [4.78, 5) is 9.57. The van der Waals surface area contributed by atoms with Crippen LogP contribution < -0.4 is 5.73 Å². The molecule has 1 aromatic rings. The minimum atomic E-state index is 0.137. The quantitative estimate of drug-likeness (QED) is 0.871. The van der Waals surface area contributed by atoms with Gasteiger partial charge in [0, 0.05) is 44.0 Å². The molecule has 0 unspecified atom stereocenters. The van der Waals surface area contributed by atoms with Crippen LogP contribution in [0.1, 0.15) is 39.3 Å². The first-order valence-corrected chi connectivity index (χ1v) is 8.20. The van der Waals surface area contributed by atoms with Gasteiger partial charge in [0.15, 0.2) is 0 Å². The van der Waals surface area contributed by atoms with E-state index in [1.165, 1.54) is 0 Å². The van der Waals surface area contributed by atoms with Crippen molar-refractivity contribution in [3.05, 3.63) is 30.1 Å². The summed E-state index contributed by atoms with van der Waals surface area (Å²) in [6.45, 7) is 11.7. The van der Waals surface area contributed by atoms with Crippen molar-refractivity contribution in [2.75, 3.05) is 26.2 Å². The van der Waals surface area contributed by atoms with E-state index in [4.69, 9.17) is 5.73 Å². The maximum Gasteiger partial charge on any atom is 0.0544 e. The Kier molecular flexibility index (Phi) is 5.73. The molecule has 1 aliphatic heterocycles. The van der Waals surface area contributed by atoms with Crippen LogP contribution in [-0.2, 0) is 6.54 Å². The first-order valence-electron chi connectivity index (χ1n) is 8.20. The van der Waals surface area contributed by atoms with Crippen molar-refractivity contribution in [1.29, 1.82) is 0 Å². The summed E-state index contributed by atoms with van der Waals surface area (Å²) in [7, 11) is 0. The molecular formula is C17H30N4. The van der Waals surface area contributed by atoms with Crippen LogP contribution in [0, 0.1) is 0 Å². The number of aromatic nitrogens is 1. The van der Waals surface area contributed by atoms with E-state index in [-0.39, 0.29) is 5.54 Å². The van der Waals surface area contributed by atoms with Gasteiger partial charge in [-0.2, -0.15) is 0 Å². The van der Waals surface area contributed by atoms with Crippen LogP contribution in [0.25, 0.3) is 0 Å². The van der Waals surface area contributed by atoms with Crippen LogP contribution >= 0.6 is 0 Å². The van der Waals surface area contributed by atoms with E-state index in [2.05, 4.69) is 47.7 Å². The van der Waals surface area contributed by atoms with E-state index in [0.29, 0.717) is 6.04 Å². The molecule has 1 fully saturated rings. The third-order valence-electron chi connectivity index (χ3n) is 4.97. The summed E-state index contributed by atoms with van der Waals surface area (Å²) in [5.41, 5.74) is 7.48. The molecule has 2 rings (SSSR count). The highest BCUT2D eigenvalue weighted by molar-refractivity contribution is 5.06. The van der Waals surface area contributed by atoms with Crippen molar-refractivity contribution >= 4 is 0 Å². The molecule has 118 valence electrons. The minimum Gasteiger partial charge on any atom is -0.329 e. The van der Waals surface area contributed by atoms with E-state index in [0.717, 1.165) is 51.3 Å². The number of hydrogen-bond donors (Lipinski definition) is 1. The zero-order valence-corrected chi connectivity index (χ0v) is 13.8. The summed E-state index contributed by atoms with van der Waals surface area (Å²) >= 11 is 0. The van der Waals surface area contributed by atoms with Gasteiger partial charge in [0.1, 0.15) is 0 Å². The van der Waals surface area contributed by atoms with E-state index < -0.39 is 0 Å². The highest BCUT2D eigenvalue weighted by Gasteiger charge is 2.38. The van der Waals surface area contributed by atoms with Crippen LogP contribution in [0.2, 0.25) is 0 Å². The Morgan fingerprint density at radius 1 is 1.33 bits per heavy atom. The van der Waals surface area contributed by atoms with Gasteiger partial charge in [-0.25, -0.2) is 0 Å². The van der Waals surface area contributed by atoms with Gasteiger partial charge in [-0.05, 0) is 45.4 Å². The monoisotopic (exact) mass is 290 g/mol. The smallest absolute Gasteiger partial charge is 0.0544 e. The molecular weight excluding hydrogens is 260 g/mol. The zero-order chi connectivity index (χ0) is 15.3. The van der Waals surface area contributed by atoms with Gasteiger partial charge in [-0.1, -0.05) is 13.0 Å². The van der Waals surface area contributed by atoms with Crippen molar-refractivity contribution in [2.45, 2.75) is 51.7 Å². The fraction of sp³-hybridized carbons (Fsp3) is 0.706. The molecule has 1 aromatic heterocycles. The summed E-state index contributed by atoms with van der Waals surface area (Å²) in [5, 5.41) is 0. The lowest BCUT2D eigenvalue weighted by molar-refractivity contribution is 0.0150. The molecule has 1 aliphatic rings. The molecule has 0 bridgehead atoms. The standard InChI is InChI=1S/C17H30N4/c1-4-21(13-16-7-5-6-10-19-16)17(14-18)8-11-20(12-9-17)15(2)3/h5-7,10,15H,4,8-9,11-14,18H2,1-3H3. The molecule has 0 atom stereocenters. The number of pyridine rings is 1. The van der Waals surface area contributed by atoms with Crippen molar-refractivity contribution < 1.29 is 0 Å². The molecule has 21 heavy (non-hydrogen) atoms. The predicted molar refractivity (Wildman–Crippen MR) is 88.0 cm³/mol. The normalized spacial score (nSPS) is 19.3. The van der Waals surface area contributed by atoms with E-state index >= 15 is 0 Å². The van der Waals surface area contributed by atoms with Gasteiger partial charge in [0.25, 0.3) is 0 Å². The highest BCUT2D eigenvalue weighted by Crippen LogP contribution is 2.30. The molecule has 0 radical (unpaired) electrons. The Labute approximate surface area is 129 Å². The Bertz CT molecular complexity index is 410. The Morgan fingerprint density at radius 2 is 2.05 bits per heavy atom. The summed E-state index contributed by atoms with van der Waals surface area (Å²) < 4.78 is 0. The molecule has 0 saturated carbocycles. The van der Waals surface area contributed by atoms with Crippen molar-refractivity contribution in [3.63, 3.8) is 0 Å². The minimum absolute atomic E-state index is 0.137. The van der Waals surface area contributed by atoms with Gasteiger partial charge in [0.2, 0.25) is 0 Å². The summed E-state index contributed by atoms with van der Waals surface area (Å²) in [6.07, 6.45) is 4.18. The second kappa shape index (κ2) is 7.34. The lowest BCUT2D eigenvalue weighted by atomic mass is 9.85. The largest absolute Gasteiger partial charge is 0.329 e. The number of nitrogens with two attached hydrogens (primary N) is 1. The van der Waals surface area contributed by atoms with Crippen LogP contribution in [-0.4, -0.2) is 52.5 Å². The van der Waals surface area contributed by atoms with Crippen LogP contribution in [0.3, 0.4) is 0 Å². The zero-order valence-electron chi connectivity index (χ0n) is 13.8. The van der Waals surface area contributed by atoms with Crippen molar-refractivity contribution in [1.82, 2.24) is 14.8 Å². The predicted octanol–water partition coefficient (Wildman–Crippen LogP) is 2.11. The Hall–Kier alpha value is -0.970. The lowest BCUT2D eigenvalue weighted by Gasteiger charge is -2.49. The molecule has 2 N–H and O–H groups in total. The first-order chi connectivity index (χ1) is 10.1. The third-order valence-corrected chi connectivity index (χ3v) is 4.97. The van der Waals surface area contributed by atoms with Gasteiger partial charge >= 0.3 is 0 Å². The topological polar surface area (TPSA) is 45.4 Å². The Morgan fingerprint density at radius 3 is 2.52 bits per heavy atom. The van der Waals surface area contributed by atoms with Gasteiger partial charge in [-0.15, -0.1) is 0 Å². The van der Waals surface area contributed by atoms with Gasteiger partial charge in [-0.3, -0.25) is 9.88 Å². The maximum absolute atomic E-state index is 6.21.